The fourth-order valence-electron chi connectivity index (χ4n) is 3.66. The number of ether oxygens (including phenoxy) is 4. The van der Waals surface area contributed by atoms with E-state index < -0.39 is 5.97 Å². The van der Waals surface area contributed by atoms with Crippen LogP contribution >= 0.6 is 0 Å². The highest BCUT2D eigenvalue weighted by molar-refractivity contribution is 5.81. The van der Waals surface area contributed by atoms with Crippen LogP contribution in [0.15, 0.2) is 42.5 Å². The van der Waals surface area contributed by atoms with Gasteiger partial charge in [-0.1, -0.05) is 6.07 Å². The van der Waals surface area contributed by atoms with Crippen LogP contribution in [-0.4, -0.2) is 69.9 Å². The van der Waals surface area contributed by atoms with Gasteiger partial charge in [-0.05, 0) is 55.8 Å². The van der Waals surface area contributed by atoms with Gasteiger partial charge in [0.25, 0.3) is 5.91 Å². The van der Waals surface area contributed by atoms with Crippen LogP contribution in [0.4, 0.5) is 5.69 Å². The molecule has 0 spiro atoms. The van der Waals surface area contributed by atoms with E-state index in [1.807, 2.05) is 38.1 Å². The first-order valence-electron chi connectivity index (χ1n) is 11.2. The molecule has 1 aliphatic heterocycles. The molecule has 0 aromatic heterocycles. The molecule has 0 saturated carbocycles. The molecule has 0 radical (unpaired) electrons. The fraction of sp³-hybridized carbons (Fsp3) is 0.440. The average molecular weight is 457 g/mol. The third-order valence-electron chi connectivity index (χ3n) is 5.38. The van der Waals surface area contributed by atoms with E-state index >= 15 is 0 Å². The van der Waals surface area contributed by atoms with Gasteiger partial charge in [0.05, 0.1) is 26.7 Å². The first-order chi connectivity index (χ1) is 16.0. The Morgan fingerprint density at radius 2 is 1.55 bits per heavy atom. The van der Waals surface area contributed by atoms with E-state index in [0.29, 0.717) is 37.8 Å². The van der Waals surface area contributed by atoms with Gasteiger partial charge < -0.3 is 28.7 Å². The quantitative estimate of drug-likeness (QED) is 0.509. The van der Waals surface area contributed by atoms with Crippen LogP contribution in [0, 0.1) is 0 Å². The number of benzene rings is 2. The van der Waals surface area contributed by atoms with Crippen LogP contribution in [0.5, 0.6) is 17.2 Å². The predicted octanol–water partition coefficient (Wildman–Crippen LogP) is 2.93. The number of hydrogen-bond donors (Lipinski definition) is 0. The molecule has 2 aromatic rings. The molecule has 0 atom stereocenters. The van der Waals surface area contributed by atoms with Gasteiger partial charge in [0.2, 0.25) is 0 Å². The summed E-state index contributed by atoms with van der Waals surface area (Å²) in [5, 5.41) is 0. The largest absolute Gasteiger partial charge is 0.497 e. The molecule has 0 aliphatic carbocycles. The normalized spacial score (nSPS) is 13.4. The van der Waals surface area contributed by atoms with Gasteiger partial charge in [0.15, 0.2) is 18.1 Å². The summed E-state index contributed by atoms with van der Waals surface area (Å²) in [5.41, 5.74) is 1.84. The number of methoxy groups -OCH3 is 1. The zero-order valence-electron chi connectivity index (χ0n) is 19.5. The molecule has 1 fully saturated rings. The molecule has 3 rings (SSSR count). The Balaban J connectivity index is 1.45. The van der Waals surface area contributed by atoms with Crippen LogP contribution in [0.1, 0.15) is 19.4 Å². The molecule has 0 unspecified atom stereocenters. The van der Waals surface area contributed by atoms with Crippen molar-refractivity contribution in [3.05, 3.63) is 48.0 Å². The lowest BCUT2D eigenvalue weighted by Gasteiger charge is -2.36. The highest BCUT2D eigenvalue weighted by atomic mass is 16.5. The lowest BCUT2D eigenvalue weighted by molar-refractivity contribution is -0.151. The molecule has 2 aromatic carbocycles. The molecular formula is C25H32N2O6. The van der Waals surface area contributed by atoms with Gasteiger partial charge >= 0.3 is 5.97 Å². The van der Waals surface area contributed by atoms with Gasteiger partial charge in [0.1, 0.15) is 5.75 Å². The highest BCUT2D eigenvalue weighted by Crippen LogP contribution is 2.29. The molecule has 178 valence electrons. The first-order valence-corrected chi connectivity index (χ1v) is 11.2. The monoisotopic (exact) mass is 456 g/mol. The molecular weight excluding hydrogens is 424 g/mol. The standard InChI is InChI=1S/C25H32N2O6/c1-4-31-22-11-6-19(16-23(22)32-5-2)17-25(29)33-18-24(28)27-14-12-26(13-15-27)20-7-9-21(30-3)10-8-20/h6-11,16H,4-5,12-15,17-18H2,1-3H3. The second kappa shape index (κ2) is 12.0. The van der Waals surface area contributed by atoms with E-state index in [0.717, 1.165) is 30.1 Å². The molecule has 1 aliphatic rings. The zero-order chi connectivity index (χ0) is 23.6. The van der Waals surface area contributed by atoms with E-state index in [1.165, 1.54) is 0 Å². The van der Waals surface area contributed by atoms with E-state index in [2.05, 4.69) is 4.90 Å². The summed E-state index contributed by atoms with van der Waals surface area (Å²) in [6, 6.07) is 13.2. The Bertz CT molecular complexity index is 923. The van der Waals surface area contributed by atoms with Crippen molar-refractivity contribution < 1.29 is 28.5 Å². The van der Waals surface area contributed by atoms with E-state index in [-0.39, 0.29) is 18.9 Å². The lowest BCUT2D eigenvalue weighted by Crippen LogP contribution is -2.49. The van der Waals surface area contributed by atoms with Gasteiger partial charge in [-0.3, -0.25) is 9.59 Å². The molecule has 0 N–H and O–H groups in total. The smallest absolute Gasteiger partial charge is 0.310 e. The van der Waals surface area contributed by atoms with Crippen LogP contribution in [0.2, 0.25) is 0 Å². The van der Waals surface area contributed by atoms with Crippen LogP contribution in [0.25, 0.3) is 0 Å². The number of anilines is 1. The molecule has 8 nitrogen and oxygen atoms in total. The molecule has 8 heteroatoms. The topological polar surface area (TPSA) is 77.5 Å². The third-order valence-corrected chi connectivity index (χ3v) is 5.38. The predicted molar refractivity (Wildman–Crippen MR) is 125 cm³/mol. The molecule has 1 saturated heterocycles. The average Bonchev–Trinajstić information content (AvgIpc) is 2.84. The summed E-state index contributed by atoms with van der Waals surface area (Å²) in [5.74, 6) is 1.41. The first kappa shape index (κ1) is 24.2. The van der Waals surface area contributed by atoms with Crippen molar-refractivity contribution in [2.24, 2.45) is 0 Å². The van der Waals surface area contributed by atoms with E-state index in [1.54, 1.807) is 30.2 Å². The van der Waals surface area contributed by atoms with Crippen molar-refractivity contribution in [1.29, 1.82) is 0 Å². The van der Waals surface area contributed by atoms with Gasteiger partial charge in [-0.2, -0.15) is 0 Å². The Hall–Kier alpha value is -3.42. The maximum Gasteiger partial charge on any atom is 0.310 e. The Morgan fingerprint density at radius 3 is 2.18 bits per heavy atom. The minimum absolute atomic E-state index is 0.0605. The van der Waals surface area contributed by atoms with Gasteiger partial charge in [0, 0.05) is 31.9 Å². The fourth-order valence-corrected chi connectivity index (χ4v) is 3.66. The number of esters is 1. The van der Waals surface area contributed by atoms with Crippen LogP contribution in [-0.2, 0) is 20.7 Å². The number of amides is 1. The van der Waals surface area contributed by atoms with Crippen molar-refractivity contribution in [2.45, 2.75) is 20.3 Å². The number of piperazine rings is 1. The summed E-state index contributed by atoms with van der Waals surface area (Å²) in [7, 11) is 1.64. The minimum atomic E-state index is -0.452. The Kier molecular flexibility index (Phi) is 8.80. The number of nitrogens with zero attached hydrogens (tertiary/aromatic N) is 2. The Morgan fingerprint density at radius 1 is 0.879 bits per heavy atom. The van der Waals surface area contributed by atoms with Crippen molar-refractivity contribution in [2.75, 3.05) is 58.0 Å². The maximum absolute atomic E-state index is 12.5. The summed E-state index contributed by atoms with van der Waals surface area (Å²) < 4.78 is 21.6. The molecule has 1 heterocycles. The summed E-state index contributed by atoms with van der Waals surface area (Å²) in [6.45, 7) is 7.16. The van der Waals surface area contributed by atoms with E-state index in [4.69, 9.17) is 18.9 Å². The minimum Gasteiger partial charge on any atom is -0.497 e. The second-order valence-corrected chi connectivity index (χ2v) is 7.55. The molecule has 33 heavy (non-hydrogen) atoms. The molecule has 1 amide bonds. The second-order valence-electron chi connectivity index (χ2n) is 7.55. The summed E-state index contributed by atoms with van der Waals surface area (Å²) in [4.78, 5) is 28.8. The van der Waals surface area contributed by atoms with Crippen molar-refractivity contribution in [3.63, 3.8) is 0 Å². The number of carbonyl (C=O) groups is 2. The van der Waals surface area contributed by atoms with Crippen molar-refractivity contribution in [1.82, 2.24) is 4.90 Å². The molecule has 0 bridgehead atoms. The summed E-state index contributed by atoms with van der Waals surface area (Å²) >= 11 is 0. The van der Waals surface area contributed by atoms with Crippen molar-refractivity contribution in [3.8, 4) is 17.2 Å². The van der Waals surface area contributed by atoms with Gasteiger partial charge in [-0.15, -0.1) is 0 Å². The Labute approximate surface area is 195 Å². The van der Waals surface area contributed by atoms with Gasteiger partial charge in [-0.25, -0.2) is 0 Å². The highest BCUT2D eigenvalue weighted by Gasteiger charge is 2.22. The van der Waals surface area contributed by atoms with E-state index in [9.17, 15) is 9.59 Å². The number of carbonyl (C=O) groups excluding carboxylic acids is 2. The summed E-state index contributed by atoms with van der Waals surface area (Å²) in [6.07, 6.45) is 0.0605. The maximum atomic E-state index is 12.5. The number of hydrogen-bond acceptors (Lipinski definition) is 7. The number of rotatable bonds is 10. The SMILES string of the molecule is CCOc1ccc(CC(=O)OCC(=O)N2CCN(c3ccc(OC)cc3)CC2)cc1OCC. The van der Waals surface area contributed by atoms with Crippen LogP contribution < -0.4 is 19.1 Å². The van der Waals surface area contributed by atoms with Crippen LogP contribution in [0.3, 0.4) is 0 Å². The lowest BCUT2D eigenvalue weighted by atomic mass is 10.1. The zero-order valence-corrected chi connectivity index (χ0v) is 19.5. The third kappa shape index (κ3) is 6.78. The van der Waals surface area contributed by atoms with Crippen molar-refractivity contribution >= 4 is 17.6 Å².